The number of anilines is 2. The Morgan fingerprint density at radius 1 is 1.09 bits per heavy atom. The Labute approximate surface area is 196 Å². The highest BCUT2D eigenvalue weighted by Gasteiger charge is 2.13. The Hall–Kier alpha value is -4.33. The number of amides is 1. The van der Waals surface area contributed by atoms with Crippen LogP contribution in [0.2, 0.25) is 0 Å². The summed E-state index contributed by atoms with van der Waals surface area (Å²) in [5.74, 6) is -0.488. The van der Waals surface area contributed by atoms with Gasteiger partial charge in [0.15, 0.2) is 5.58 Å². The summed E-state index contributed by atoms with van der Waals surface area (Å²) in [5.41, 5.74) is 4.35. The Morgan fingerprint density at radius 2 is 1.85 bits per heavy atom. The molecule has 4 rings (SSSR count). The molecule has 0 bridgehead atoms. The quantitative estimate of drug-likeness (QED) is 0.375. The molecule has 174 valence electrons. The maximum atomic E-state index is 12.6. The molecule has 3 aromatic carbocycles. The third-order valence-electron chi connectivity index (χ3n) is 5.42. The fourth-order valence-electron chi connectivity index (χ4n) is 3.39. The van der Waals surface area contributed by atoms with E-state index in [-0.39, 0.29) is 17.9 Å². The molecule has 1 aromatic heterocycles. The van der Waals surface area contributed by atoms with Gasteiger partial charge < -0.3 is 24.5 Å². The topological polar surface area (TPSA) is 105 Å². The smallest absolute Gasteiger partial charge is 0.335 e. The van der Waals surface area contributed by atoms with Crippen molar-refractivity contribution < 1.29 is 23.8 Å². The van der Waals surface area contributed by atoms with E-state index in [1.807, 2.05) is 49.4 Å². The summed E-state index contributed by atoms with van der Waals surface area (Å²) in [5, 5.41) is 12.1. The molecule has 0 saturated heterocycles. The second kappa shape index (κ2) is 10.1. The van der Waals surface area contributed by atoms with Gasteiger partial charge in [0, 0.05) is 12.7 Å². The predicted octanol–water partition coefficient (Wildman–Crippen LogP) is 4.66. The van der Waals surface area contributed by atoms with Crippen LogP contribution in [-0.4, -0.2) is 47.1 Å². The van der Waals surface area contributed by atoms with E-state index in [0.717, 1.165) is 16.8 Å². The first-order valence-corrected chi connectivity index (χ1v) is 10.8. The van der Waals surface area contributed by atoms with Gasteiger partial charge in [0.25, 0.3) is 6.01 Å². The molecule has 4 aromatic rings. The molecule has 0 spiro atoms. The minimum atomic E-state index is -0.987. The van der Waals surface area contributed by atoms with Crippen molar-refractivity contribution in [1.82, 2.24) is 9.88 Å². The zero-order valence-electron chi connectivity index (χ0n) is 18.9. The molecule has 0 atom stereocenters. The number of carboxylic acids is 1. The fourth-order valence-corrected chi connectivity index (χ4v) is 3.39. The van der Waals surface area contributed by atoms with E-state index in [1.54, 1.807) is 24.1 Å². The van der Waals surface area contributed by atoms with Crippen LogP contribution in [0.5, 0.6) is 5.75 Å². The van der Waals surface area contributed by atoms with Crippen molar-refractivity contribution in [2.24, 2.45) is 0 Å². The Kier molecular flexibility index (Phi) is 6.77. The number of carbonyl (C=O) groups is 2. The molecule has 0 aliphatic rings. The number of benzene rings is 3. The summed E-state index contributed by atoms with van der Waals surface area (Å²) >= 11 is 0. The van der Waals surface area contributed by atoms with Crippen molar-refractivity contribution >= 4 is 34.7 Å². The van der Waals surface area contributed by atoms with Crippen LogP contribution in [0.3, 0.4) is 0 Å². The molecule has 0 radical (unpaired) electrons. The van der Waals surface area contributed by atoms with Gasteiger partial charge in [0.05, 0.1) is 18.5 Å². The van der Waals surface area contributed by atoms with Crippen molar-refractivity contribution in [2.45, 2.75) is 13.3 Å². The Bertz CT molecular complexity index is 1310. The molecule has 1 amide bonds. The van der Waals surface area contributed by atoms with Gasteiger partial charge in [-0.25, -0.2) is 4.79 Å². The summed E-state index contributed by atoms with van der Waals surface area (Å²) in [6.07, 6.45) is 0.223. The number of aryl methyl sites for hydroxylation is 1. The summed E-state index contributed by atoms with van der Waals surface area (Å²) in [4.78, 5) is 29.6. The molecule has 0 aliphatic heterocycles. The van der Waals surface area contributed by atoms with Crippen LogP contribution >= 0.6 is 0 Å². The highest BCUT2D eigenvalue weighted by atomic mass is 16.5. The summed E-state index contributed by atoms with van der Waals surface area (Å²) in [6, 6.07) is 20.0. The fraction of sp³-hybridized carbons (Fsp3) is 0.192. The van der Waals surface area contributed by atoms with Crippen molar-refractivity contribution in [2.75, 3.05) is 25.5 Å². The van der Waals surface area contributed by atoms with E-state index >= 15 is 0 Å². The minimum absolute atomic E-state index is 0.0538. The number of aromatic carboxylic acids is 1. The summed E-state index contributed by atoms with van der Waals surface area (Å²) in [6.45, 7) is 2.70. The number of oxazole rings is 1. The van der Waals surface area contributed by atoms with Gasteiger partial charge in [-0.2, -0.15) is 4.98 Å². The van der Waals surface area contributed by atoms with Crippen LogP contribution in [0.25, 0.3) is 11.1 Å². The number of aromatic nitrogens is 1. The van der Waals surface area contributed by atoms with Crippen LogP contribution < -0.4 is 10.1 Å². The molecule has 8 heteroatoms. The third-order valence-corrected chi connectivity index (χ3v) is 5.42. The van der Waals surface area contributed by atoms with E-state index in [0.29, 0.717) is 36.0 Å². The van der Waals surface area contributed by atoms with E-state index in [1.165, 1.54) is 12.1 Å². The van der Waals surface area contributed by atoms with Gasteiger partial charge in [-0.1, -0.05) is 24.3 Å². The number of likely N-dealkylation sites (N-methyl/N-ethyl adjacent to an activating group) is 1. The van der Waals surface area contributed by atoms with Gasteiger partial charge in [-0.15, -0.1) is 0 Å². The molecule has 0 unspecified atom stereocenters. The molecule has 2 N–H and O–H groups in total. The van der Waals surface area contributed by atoms with Crippen LogP contribution in [0, 0.1) is 6.92 Å². The Balaban J connectivity index is 1.31. The standard InChI is InChI=1S/C26H25N3O5/c1-17-5-3-4-6-21(17)27-26-28-22-12-7-18(15-23(22)34-26)16-24(30)29(2)13-14-33-20-10-8-19(9-11-20)25(31)32/h3-12,15H,13-14,16H2,1-2H3,(H,27,28)(H,31,32). The number of ether oxygens (including phenoxy) is 1. The number of para-hydroxylation sites is 1. The lowest BCUT2D eigenvalue weighted by atomic mass is 10.1. The van der Waals surface area contributed by atoms with E-state index in [4.69, 9.17) is 14.3 Å². The van der Waals surface area contributed by atoms with Crippen molar-refractivity contribution in [3.63, 3.8) is 0 Å². The van der Waals surface area contributed by atoms with Crippen molar-refractivity contribution in [1.29, 1.82) is 0 Å². The van der Waals surface area contributed by atoms with Crippen LogP contribution in [0.4, 0.5) is 11.7 Å². The predicted molar refractivity (Wildman–Crippen MR) is 129 cm³/mol. The van der Waals surface area contributed by atoms with Crippen LogP contribution in [-0.2, 0) is 11.2 Å². The first-order valence-electron chi connectivity index (χ1n) is 10.8. The lowest BCUT2D eigenvalue weighted by Gasteiger charge is -2.17. The first-order chi connectivity index (χ1) is 16.4. The molecular formula is C26H25N3O5. The second-order valence-corrected chi connectivity index (χ2v) is 7.93. The lowest BCUT2D eigenvalue weighted by Crippen LogP contribution is -2.32. The number of hydrogen-bond acceptors (Lipinski definition) is 6. The van der Waals surface area contributed by atoms with Gasteiger partial charge in [0.2, 0.25) is 5.91 Å². The number of carbonyl (C=O) groups excluding carboxylic acids is 1. The average molecular weight is 460 g/mol. The van der Waals surface area contributed by atoms with E-state index < -0.39 is 5.97 Å². The Morgan fingerprint density at radius 3 is 2.59 bits per heavy atom. The van der Waals surface area contributed by atoms with Gasteiger partial charge in [-0.3, -0.25) is 4.79 Å². The zero-order chi connectivity index (χ0) is 24.1. The molecule has 1 heterocycles. The normalized spacial score (nSPS) is 10.8. The van der Waals surface area contributed by atoms with E-state index in [2.05, 4.69) is 10.3 Å². The highest BCUT2D eigenvalue weighted by molar-refractivity contribution is 5.87. The number of hydrogen-bond donors (Lipinski definition) is 2. The molecular weight excluding hydrogens is 434 g/mol. The molecule has 34 heavy (non-hydrogen) atoms. The van der Waals surface area contributed by atoms with Crippen LogP contribution in [0.1, 0.15) is 21.5 Å². The third kappa shape index (κ3) is 5.53. The lowest BCUT2D eigenvalue weighted by molar-refractivity contribution is -0.129. The number of carboxylic acid groups (broad SMARTS) is 1. The van der Waals surface area contributed by atoms with Gasteiger partial charge in [-0.05, 0) is 60.5 Å². The zero-order valence-corrected chi connectivity index (χ0v) is 18.9. The van der Waals surface area contributed by atoms with Gasteiger partial charge in [0.1, 0.15) is 17.9 Å². The summed E-state index contributed by atoms with van der Waals surface area (Å²) < 4.78 is 11.5. The van der Waals surface area contributed by atoms with Crippen molar-refractivity contribution in [3.05, 3.63) is 83.4 Å². The number of fused-ring (bicyclic) bond motifs is 1. The first kappa shape index (κ1) is 22.8. The highest BCUT2D eigenvalue weighted by Crippen LogP contribution is 2.25. The average Bonchev–Trinajstić information content (AvgIpc) is 3.22. The van der Waals surface area contributed by atoms with Crippen LogP contribution in [0.15, 0.2) is 71.1 Å². The SMILES string of the molecule is Cc1ccccc1Nc1nc2ccc(CC(=O)N(C)CCOc3ccc(C(=O)O)cc3)cc2o1. The number of nitrogens with one attached hydrogen (secondary N) is 1. The largest absolute Gasteiger partial charge is 0.492 e. The van der Waals surface area contributed by atoms with Crippen molar-refractivity contribution in [3.8, 4) is 5.75 Å². The van der Waals surface area contributed by atoms with Gasteiger partial charge >= 0.3 is 5.97 Å². The minimum Gasteiger partial charge on any atom is -0.492 e. The van der Waals surface area contributed by atoms with E-state index in [9.17, 15) is 9.59 Å². The molecule has 0 aliphatic carbocycles. The molecule has 0 saturated carbocycles. The summed E-state index contributed by atoms with van der Waals surface area (Å²) in [7, 11) is 1.72. The second-order valence-electron chi connectivity index (χ2n) is 7.93. The molecule has 0 fully saturated rings. The number of nitrogens with zero attached hydrogens (tertiary/aromatic N) is 2. The molecule has 8 nitrogen and oxygen atoms in total. The monoisotopic (exact) mass is 459 g/mol. The number of rotatable bonds is 9. The maximum Gasteiger partial charge on any atom is 0.335 e. The maximum absolute atomic E-state index is 12.6.